The van der Waals surface area contributed by atoms with Crippen LogP contribution in [0.25, 0.3) is 0 Å². The zero-order valence-corrected chi connectivity index (χ0v) is 15.4. The van der Waals surface area contributed by atoms with Crippen molar-refractivity contribution < 1.29 is 40.3 Å². The Morgan fingerprint density at radius 2 is 1.64 bits per heavy atom. The Morgan fingerprint density at radius 3 is 2.21 bits per heavy atom. The summed E-state index contributed by atoms with van der Waals surface area (Å²) in [4.78, 5) is 23.8. The number of amides is 1. The van der Waals surface area contributed by atoms with Crippen LogP contribution in [0.5, 0.6) is 0 Å². The summed E-state index contributed by atoms with van der Waals surface area (Å²) in [6, 6.07) is 5.99. The highest BCUT2D eigenvalue weighted by Crippen LogP contribution is 2.48. The molecule has 2 rings (SSSR count). The van der Waals surface area contributed by atoms with Crippen LogP contribution in [0.4, 0.5) is 30.7 Å². The molecule has 28 heavy (non-hydrogen) atoms. The molecular weight excluding hydrogens is 465 g/mol. The molecule has 0 fully saturated rings. The molecule has 0 aromatic heterocycles. The van der Waals surface area contributed by atoms with E-state index in [4.69, 9.17) is 0 Å². The highest BCUT2D eigenvalue weighted by molar-refractivity contribution is 9.10. The minimum Gasteiger partial charge on any atom is -0.302 e. The van der Waals surface area contributed by atoms with Crippen LogP contribution in [-0.4, -0.2) is 29.7 Å². The van der Waals surface area contributed by atoms with E-state index in [0.29, 0.717) is 4.47 Å². The molecule has 1 aromatic rings. The van der Waals surface area contributed by atoms with Crippen LogP contribution in [-0.2, 0) is 4.79 Å². The molecular formula is C16H12BrF7N2O2. The molecule has 12 heteroatoms. The second kappa shape index (κ2) is 7.72. The maximum absolute atomic E-state index is 13.7. The van der Waals surface area contributed by atoms with Gasteiger partial charge in [0.15, 0.2) is 0 Å². The third-order valence-corrected chi connectivity index (χ3v) is 4.43. The van der Waals surface area contributed by atoms with Gasteiger partial charge in [-0.15, -0.1) is 0 Å². The van der Waals surface area contributed by atoms with Gasteiger partial charge in [0, 0.05) is 21.3 Å². The van der Waals surface area contributed by atoms with E-state index in [1.54, 1.807) is 6.07 Å². The fourth-order valence-corrected chi connectivity index (χ4v) is 2.88. The molecule has 0 aliphatic heterocycles. The van der Waals surface area contributed by atoms with Gasteiger partial charge >= 0.3 is 18.0 Å². The SMILES string of the molecule is O=C(NNC1=C(C(=O)C(F)(F)C(F)(F)C(F)(F)F)CCC1)c1cccc(Br)c1. The van der Waals surface area contributed by atoms with E-state index in [9.17, 15) is 40.3 Å². The summed E-state index contributed by atoms with van der Waals surface area (Å²) in [6.07, 6.45) is -7.07. The number of hydrogen-bond acceptors (Lipinski definition) is 3. The van der Waals surface area contributed by atoms with Crippen molar-refractivity contribution in [3.05, 3.63) is 45.6 Å². The fraction of sp³-hybridized carbons (Fsp3) is 0.375. The number of benzene rings is 1. The summed E-state index contributed by atoms with van der Waals surface area (Å²) in [7, 11) is 0. The number of ketones is 1. The van der Waals surface area contributed by atoms with Gasteiger partial charge in [-0.25, -0.2) is 0 Å². The highest BCUT2D eigenvalue weighted by atomic mass is 79.9. The van der Waals surface area contributed by atoms with Crippen LogP contribution in [0.3, 0.4) is 0 Å². The van der Waals surface area contributed by atoms with Crippen LogP contribution in [0, 0.1) is 0 Å². The van der Waals surface area contributed by atoms with Gasteiger partial charge in [0.2, 0.25) is 5.78 Å². The lowest BCUT2D eigenvalue weighted by molar-refractivity contribution is -0.342. The number of Topliss-reactive ketones (excluding diaryl/α,β-unsaturated/α-hetero) is 1. The topological polar surface area (TPSA) is 58.2 Å². The minimum absolute atomic E-state index is 0.0594. The second-order valence-electron chi connectivity index (χ2n) is 5.88. The molecule has 0 heterocycles. The number of nitrogens with one attached hydrogen (secondary N) is 2. The monoisotopic (exact) mass is 476 g/mol. The Kier molecular flexibility index (Phi) is 6.12. The Morgan fingerprint density at radius 1 is 1.00 bits per heavy atom. The minimum atomic E-state index is -6.60. The van der Waals surface area contributed by atoms with Gasteiger partial charge in [0.25, 0.3) is 5.91 Å². The van der Waals surface area contributed by atoms with E-state index >= 15 is 0 Å². The average molecular weight is 477 g/mol. The molecule has 1 aromatic carbocycles. The van der Waals surface area contributed by atoms with Gasteiger partial charge in [-0.05, 0) is 37.5 Å². The van der Waals surface area contributed by atoms with Crippen LogP contribution < -0.4 is 10.9 Å². The fourth-order valence-electron chi connectivity index (χ4n) is 2.48. The Hall–Kier alpha value is -2.11. The number of rotatable bonds is 6. The molecule has 2 N–H and O–H groups in total. The van der Waals surface area contributed by atoms with Gasteiger partial charge in [0.1, 0.15) is 0 Å². The van der Waals surface area contributed by atoms with Gasteiger partial charge in [-0.3, -0.25) is 15.0 Å². The van der Waals surface area contributed by atoms with E-state index in [1.807, 2.05) is 0 Å². The number of hydrazine groups is 1. The molecule has 1 amide bonds. The van der Waals surface area contributed by atoms with E-state index in [2.05, 4.69) is 26.8 Å². The van der Waals surface area contributed by atoms with E-state index in [-0.39, 0.29) is 24.1 Å². The first-order chi connectivity index (χ1) is 12.8. The number of carbonyl (C=O) groups excluding carboxylic acids is 2. The Balaban J connectivity index is 2.20. The first-order valence-electron chi connectivity index (χ1n) is 7.70. The van der Waals surface area contributed by atoms with E-state index < -0.39 is 41.7 Å². The second-order valence-corrected chi connectivity index (χ2v) is 6.79. The Labute approximate surface area is 162 Å². The summed E-state index contributed by atoms with van der Waals surface area (Å²) < 4.78 is 90.9. The van der Waals surface area contributed by atoms with Crippen LogP contribution >= 0.6 is 15.9 Å². The van der Waals surface area contributed by atoms with Crippen LogP contribution in [0.2, 0.25) is 0 Å². The number of allylic oxidation sites excluding steroid dienone is 2. The molecule has 0 radical (unpaired) electrons. The molecule has 0 bridgehead atoms. The van der Waals surface area contributed by atoms with Crippen molar-refractivity contribution in [2.75, 3.05) is 0 Å². The maximum Gasteiger partial charge on any atom is 0.460 e. The molecule has 0 atom stereocenters. The average Bonchev–Trinajstić information content (AvgIpc) is 3.06. The maximum atomic E-state index is 13.7. The lowest BCUT2D eigenvalue weighted by Crippen LogP contribution is -2.56. The lowest BCUT2D eigenvalue weighted by Gasteiger charge is -2.27. The summed E-state index contributed by atoms with van der Waals surface area (Å²) in [5.74, 6) is -15.9. The molecule has 0 saturated heterocycles. The molecule has 1 aliphatic rings. The third-order valence-electron chi connectivity index (χ3n) is 3.94. The summed E-state index contributed by atoms with van der Waals surface area (Å²) in [5, 5.41) is 0. The Bertz CT molecular complexity index is 821. The van der Waals surface area contributed by atoms with Gasteiger partial charge in [-0.1, -0.05) is 22.0 Å². The van der Waals surface area contributed by atoms with Gasteiger partial charge in [-0.2, -0.15) is 30.7 Å². The standard InChI is InChI=1S/C16H12BrF7N2O2/c17-9-4-1-3-8(7-9)13(28)26-25-11-6-2-5-10(11)12(27)14(18,19)15(20,21)16(22,23)24/h1,3-4,7,25H,2,5-6H2,(H,26,28). The van der Waals surface area contributed by atoms with Gasteiger partial charge in [0.05, 0.1) is 0 Å². The van der Waals surface area contributed by atoms with Crippen molar-refractivity contribution in [3.63, 3.8) is 0 Å². The van der Waals surface area contributed by atoms with Crippen LogP contribution in [0.15, 0.2) is 40.0 Å². The first-order valence-corrected chi connectivity index (χ1v) is 8.49. The van der Waals surface area contributed by atoms with Crippen molar-refractivity contribution in [3.8, 4) is 0 Å². The van der Waals surface area contributed by atoms with Crippen molar-refractivity contribution in [2.45, 2.75) is 37.3 Å². The largest absolute Gasteiger partial charge is 0.460 e. The lowest BCUT2D eigenvalue weighted by atomic mass is 9.99. The normalized spacial score (nSPS) is 15.6. The van der Waals surface area contributed by atoms with Crippen molar-refractivity contribution in [1.29, 1.82) is 0 Å². The highest BCUT2D eigenvalue weighted by Gasteiger charge is 2.76. The summed E-state index contributed by atoms with van der Waals surface area (Å²) in [6.45, 7) is 0. The van der Waals surface area contributed by atoms with E-state index in [0.717, 1.165) is 0 Å². The van der Waals surface area contributed by atoms with Gasteiger partial charge < -0.3 is 5.43 Å². The summed E-state index contributed by atoms with van der Waals surface area (Å²) in [5.41, 5.74) is 3.16. The molecule has 0 unspecified atom stereocenters. The predicted molar refractivity (Wildman–Crippen MR) is 86.6 cm³/mol. The van der Waals surface area contributed by atoms with Crippen molar-refractivity contribution in [1.82, 2.24) is 10.9 Å². The zero-order chi connectivity index (χ0) is 21.3. The number of carbonyl (C=O) groups is 2. The smallest absolute Gasteiger partial charge is 0.302 e. The first kappa shape index (κ1) is 22.2. The molecule has 0 saturated carbocycles. The third kappa shape index (κ3) is 4.15. The van der Waals surface area contributed by atoms with Crippen molar-refractivity contribution in [2.24, 2.45) is 0 Å². The summed E-state index contributed by atoms with van der Waals surface area (Å²) >= 11 is 3.13. The zero-order valence-electron chi connectivity index (χ0n) is 13.8. The molecule has 0 spiro atoms. The molecule has 1 aliphatic carbocycles. The quantitative estimate of drug-likeness (QED) is 0.468. The van der Waals surface area contributed by atoms with Crippen LogP contribution in [0.1, 0.15) is 29.6 Å². The predicted octanol–water partition coefficient (Wildman–Crippen LogP) is 4.52. The molecule has 4 nitrogen and oxygen atoms in total. The van der Waals surface area contributed by atoms with E-state index in [1.165, 1.54) is 18.2 Å². The van der Waals surface area contributed by atoms with Crippen molar-refractivity contribution >= 4 is 27.6 Å². The molecule has 154 valence electrons. The number of hydrogen-bond donors (Lipinski definition) is 2. The number of halogens is 8. The number of alkyl halides is 7.